The van der Waals surface area contributed by atoms with Crippen LogP contribution in [0.4, 0.5) is 13.2 Å². The van der Waals surface area contributed by atoms with Crippen molar-refractivity contribution >= 4 is 23.4 Å². The van der Waals surface area contributed by atoms with E-state index in [1.165, 1.54) is 4.57 Å². The third-order valence-corrected chi connectivity index (χ3v) is 3.80. The molecule has 1 fully saturated rings. The zero-order valence-corrected chi connectivity index (χ0v) is 11.8. The molecule has 3 rings (SSSR count). The molecule has 2 aromatic rings. The van der Waals surface area contributed by atoms with Crippen molar-refractivity contribution in [3.05, 3.63) is 27.5 Å². The SMILES string of the molecule is O=c1[nH]nc(Sc2cc(C(F)(F)F)nc(Cl)n2)n1C1CC1. The Labute approximate surface area is 124 Å². The summed E-state index contributed by atoms with van der Waals surface area (Å²) in [6.45, 7) is 0. The number of aromatic amines is 1. The Morgan fingerprint density at radius 3 is 2.71 bits per heavy atom. The molecule has 0 bridgehead atoms. The van der Waals surface area contributed by atoms with E-state index in [1.807, 2.05) is 0 Å². The van der Waals surface area contributed by atoms with Crippen LogP contribution >= 0.6 is 23.4 Å². The van der Waals surface area contributed by atoms with Crippen LogP contribution in [0, 0.1) is 0 Å². The lowest BCUT2D eigenvalue weighted by molar-refractivity contribution is -0.141. The molecule has 1 aliphatic rings. The minimum absolute atomic E-state index is 0.0248. The molecule has 0 atom stereocenters. The fraction of sp³-hybridized carbons (Fsp3) is 0.400. The van der Waals surface area contributed by atoms with E-state index in [2.05, 4.69) is 20.2 Å². The summed E-state index contributed by atoms with van der Waals surface area (Å²) in [6, 6.07) is 0.811. The molecule has 2 aromatic heterocycles. The number of hydrogen-bond donors (Lipinski definition) is 1. The molecule has 2 heterocycles. The van der Waals surface area contributed by atoms with Gasteiger partial charge in [0.05, 0.1) is 0 Å². The number of H-pyrrole nitrogens is 1. The van der Waals surface area contributed by atoms with E-state index < -0.39 is 22.8 Å². The molecule has 0 spiro atoms. The van der Waals surface area contributed by atoms with Crippen molar-refractivity contribution in [3.63, 3.8) is 0 Å². The van der Waals surface area contributed by atoms with Gasteiger partial charge in [-0.3, -0.25) is 4.57 Å². The molecule has 6 nitrogen and oxygen atoms in total. The molecule has 112 valence electrons. The summed E-state index contributed by atoms with van der Waals surface area (Å²) in [7, 11) is 0. The first kappa shape index (κ1) is 14.4. The van der Waals surface area contributed by atoms with Gasteiger partial charge in [0, 0.05) is 12.1 Å². The monoisotopic (exact) mass is 337 g/mol. The van der Waals surface area contributed by atoms with Crippen molar-refractivity contribution in [1.82, 2.24) is 24.7 Å². The molecule has 0 aromatic carbocycles. The Bertz CT molecular complexity index is 739. The number of hydrogen-bond acceptors (Lipinski definition) is 5. The van der Waals surface area contributed by atoms with E-state index in [9.17, 15) is 18.0 Å². The number of halogens is 4. The van der Waals surface area contributed by atoms with E-state index in [0.717, 1.165) is 30.7 Å². The highest BCUT2D eigenvalue weighted by atomic mass is 35.5. The van der Waals surface area contributed by atoms with Crippen molar-refractivity contribution in [2.45, 2.75) is 35.2 Å². The van der Waals surface area contributed by atoms with Crippen LogP contribution in [-0.4, -0.2) is 24.7 Å². The van der Waals surface area contributed by atoms with E-state index in [1.54, 1.807) is 0 Å². The molecule has 1 saturated carbocycles. The molecule has 11 heteroatoms. The van der Waals surface area contributed by atoms with Crippen LogP contribution in [0.1, 0.15) is 24.6 Å². The molecule has 0 aliphatic heterocycles. The minimum atomic E-state index is -4.62. The van der Waals surface area contributed by atoms with E-state index >= 15 is 0 Å². The maximum atomic E-state index is 12.7. The fourth-order valence-corrected chi connectivity index (χ4v) is 2.85. The molecule has 0 saturated heterocycles. The fourth-order valence-electron chi connectivity index (χ4n) is 1.70. The summed E-state index contributed by atoms with van der Waals surface area (Å²) in [5.74, 6) is 0. The van der Waals surface area contributed by atoms with Crippen LogP contribution in [0.3, 0.4) is 0 Å². The zero-order valence-electron chi connectivity index (χ0n) is 10.2. The Morgan fingerprint density at radius 2 is 2.10 bits per heavy atom. The second-order valence-corrected chi connectivity index (χ2v) is 5.70. The van der Waals surface area contributed by atoms with Gasteiger partial charge in [0.2, 0.25) is 5.28 Å². The summed E-state index contributed by atoms with van der Waals surface area (Å²) in [5.41, 5.74) is -1.53. The third-order valence-electron chi connectivity index (χ3n) is 2.75. The van der Waals surface area contributed by atoms with Gasteiger partial charge in [0.25, 0.3) is 0 Å². The van der Waals surface area contributed by atoms with Crippen LogP contribution in [0.2, 0.25) is 5.28 Å². The summed E-state index contributed by atoms with van der Waals surface area (Å²) in [6.07, 6.45) is -2.94. The van der Waals surface area contributed by atoms with Gasteiger partial charge in [-0.1, -0.05) is 0 Å². The Morgan fingerprint density at radius 1 is 1.38 bits per heavy atom. The van der Waals surface area contributed by atoms with E-state index in [-0.39, 0.29) is 16.2 Å². The van der Waals surface area contributed by atoms with Gasteiger partial charge in [-0.2, -0.15) is 13.2 Å². The van der Waals surface area contributed by atoms with Gasteiger partial charge < -0.3 is 0 Å². The summed E-state index contributed by atoms with van der Waals surface area (Å²) in [4.78, 5) is 18.5. The van der Waals surface area contributed by atoms with Crippen LogP contribution in [0.25, 0.3) is 0 Å². The van der Waals surface area contributed by atoms with Crippen molar-refractivity contribution in [3.8, 4) is 0 Å². The van der Waals surface area contributed by atoms with Gasteiger partial charge in [-0.25, -0.2) is 19.9 Å². The first-order valence-electron chi connectivity index (χ1n) is 5.81. The number of rotatable bonds is 3. The maximum Gasteiger partial charge on any atom is 0.433 e. The number of alkyl halides is 3. The van der Waals surface area contributed by atoms with E-state index in [0.29, 0.717) is 0 Å². The molecule has 1 aliphatic carbocycles. The van der Waals surface area contributed by atoms with Gasteiger partial charge in [-0.05, 0) is 36.2 Å². The molecular formula is C10H7ClF3N5OS. The Balaban J connectivity index is 1.95. The van der Waals surface area contributed by atoms with Gasteiger partial charge in [0.1, 0.15) is 5.03 Å². The van der Waals surface area contributed by atoms with Crippen LogP contribution in [0.15, 0.2) is 21.0 Å². The maximum absolute atomic E-state index is 12.7. The molecule has 0 radical (unpaired) electrons. The normalized spacial score (nSPS) is 15.4. The standard InChI is InChI=1S/C10H7ClF3N5OS/c11-7-15-5(10(12,13)14)3-6(16-7)21-9-18-17-8(20)19(9)4-1-2-4/h3-4H,1-2H2,(H,17,20). The highest BCUT2D eigenvalue weighted by molar-refractivity contribution is 7.99. The quantitative estimate of drug-likeness (QED) is 0.688. The lowest BCUT2D eigenvalue weighted by Gasteiger charge is -2.08. The highest BCUT2D eigenvalue weighted by Crippen LogP contribution is 2.38. The van der Waals surface area contributed by atoms with Gasteiger partial charge in [0.15, 0.2) is 10.9 Å². The molecule has 21 heavy (non-hydrogen) atoms. The van der Waals surface area contributed by atoms with Crippen molar-refractivity contribution < 1.29 is 13.2 Å². The predicted molar refractivity (Wildman–Crippen MR) is 67.3 cm³/mol. The second-order valence-electron chi connectivity index (χ2n) is 4.37. The summed E-state index contributed by atoms with van der Waals surface area (Å²) >= 11 is 6.34. The third kappa shape index (κ3) is 3.05. The van der Waals surface area contributed by atoms with Gasteiger partial charge >= 0.3 is 11.9 Å². The highest BCUT2D eigenvalue weighted by Gasteiger charge is 2.34. The van der Waals surface area contributed by atoms with Crippen molar-refractivity contribution in [1.29, 1.82) is 0 Å². The molecule has 0 amide bonds. The Hall–Kier alpha value is -1.55. The van der Waals surface area contributed by atoms with Crippen LogP contribution in [-0.2, 0) is 6.18 Å². The van der Waals surface area contributed by atoms with E-state index in [4.69, 9.17) is 11.6 Å². The number of nitrogens with one attached hydrogen (secondary N) is 1. The average Bonchev–Trinajstić information content (AvgIpc) is 3.13. The first-order valence-corrected chi connectivity index (χ1v) is 7.00. The van der Waals surface area contributed by atoms with Crippen LogP contribution in [0.5, 0.6) is 0 Å². The van der Waals surface area contributed by atoms with Crippen molar-refractivity contribution in [2.24, 2.45) is 0 Å². The zero-order chi connectivity index (χ0) is 15.2. The van der Waals surface area contributed by atoms with Crippen molar-refractivity contribution in [2.75, 3.05) is 0 Å². The molecular weight excluding hydrogens is 331 g/mol. The van der Waals surface area contributed by atoms with Crippen LogP contribution < -0.4 is 5.69 Å². The molecule has 0 unspecified atom stereocenters. The topological polar surface area (TPSA) is 76.5 Å². The second kappa shape index (κ2) is 5.02. The number of nitrogens with zero attached hydrogens (tertiary/aromatic N) is 4. The smallest absolute Gasteiger partial charge is 0.267 e. The lowest BCUT2D eigenvalue weighted by atomic mass is 10.4. The lowest BCUT2D eigenvalue weighted by Crippen LogP contribution is -2.16. The largest absolute Gasteiger partial charge is 0.433 e. The minimum Gasteiger partial charge on any atom is -0.267 e. The predicted octanol–water partition coefficient (Wildman–Crippen LogP) is 2.52. The molecule has 1 N–H and O–H groups in total. The average molecular weight is 338 g/mol. The Kier molecular flexibility index (Phi) is 3.44. The first-order chi connectivity index (χ1) is 9.84. The summed E-state index contributed by atoms with van der Waals surface area (Å²) in [5, 5.41) is 5.79. The number of aromatic nitrogens is 5. The van der Waals surface area contributed by atoms with Gasteiger partial charge in [-0.15, -0.1) is 5.10 Å². The summed E-state index contributed by atoms with van der Waals surface area (Å²) < 4.78 is 39.4.